The predicted molar refractivity (Wildman–Crippen MR) is 75.7 cm³/mol. The molecule has 0 aromatic heterocycles. The molecule has 3 rings (SSSR count). The highest BCUT2D eigenvalue weighted by Gasteiger charge is 2.23. The monoisotopic (exact) mass is 262 g/mol. The van der Waals surface area contributed by atoms with Crippen LogP contribution in [0.2, 0.25) is 0 Å². The summed E-state index contributed by atoms with van der Waals surface area (Å²) in [6, 6.07) is 6.29. The van der Waals surface area contributed by atoms with E-state index in [0.29, 0.717) is 12.0 Å². The Labute approximate surface area is 114 Å². The third kappa shape index (κ3) is 2.85. The first-order valence-electron chi connectivity index (χ1n) is 7.15. The summed E-state index contributed by atoms with van der Waals surface area (Å²) in [5.41, 5.74) is 2.35. The van der Waals surface area contributed by atoms with Crippen molar-refractivity contribution in [2.75, 3.05) is 31.6 Å². The first-order valence-corrected chi connectivity index (χ1v) is 7.15. The molecule has 4 nitrogen and oxygen atoms in total. The molecule has 4 heteroatoms. The topological polar surface area (TPSA) is 42.5 Å². The molecule has 2 N–H and O–H groups in total. The summed E-state index contributed by atoms with van der Waals surface area (Å²) in [6.07, 6.45) is 1.55. The van der Waals surface area contributed by atoms with Gasteiger partial charge in [-0.15, -0.1) is 0 Å². The summed E-state index contributed by atoms with van der Waals surface area (Å²) in [5, 5.41) is 6.91. The van der Waals surface area contributed by atoms with E-state index in [-0.39, 0.29) is 0 Å². The summed E-state index contributed by atoms with van der Waals surface area (Å²) in [5.74, 6) is 1.65. The Bertz CT molecular complexity index is 436. The number of fused-ring (bicyclic) bond motifs is 1. The molecule has 19 heavy (non-hydrogen) atoms. The molecule has 1 aromatic rings. The van der Waals surface area contributed by atoms with Gasteiger partial charge in [-0.25, -0.2) is 0 Å². The maximum absolute atomic E-state index is 5.77. The Morgan fingerprint density at radius 1 is 1.37 bits per heavy atom. The van der Waals surface area contributed by atoms with Crippen LogP contribution in [0.4, 0.5) is 5.69 Å². The SMILES string of the molecule is CC1OCCC1CNCc1cccc2c1OCCN2. The molecule has 1 fully saturated rings. The Balaban J connectivity index is 1.58. The van der Waals surface area contributed by atoms with Gasteiger partial charge in [-0.3, -0.25) is 0 Å². The largest absolute Gasteiger partial charge is 0.489 e. The van der Waals surface area contributed by atoms with Gasteiger partial charge >= 0.3 is 0 Å². The highest BCUT2D eigenvalue weighted by molar-refractivity contribution is 5.61. The number of ether oxygens (including phenoxy) is 2. The zero-order valence-electron chi connectivity index (χ0n) is 11.4. The van der Waals surface area contributed by atoms with Crippen LogP contribution in [0.25, 0.3) is 0 Å². The molecule has 2 aliphatic heterocycles. The molecule has 0 amide bonds. The normalized spacial score (nSPS) is 25.5. The van der Waals surface area contributed by atoms with Crippen LogP contribution in [0, 0.1) is 5.92 Å². The number of para-hydroxylation sites is 1. The second-order valence-electron chi connectivity index (χ2n) is 5.32. The Morgan fingerprint density at radius 3 is 3.16 bits per heavy atom. The zero-order valence-corrected chi connectivity index (χ0v) is 11.4. The maximum atomic E-state index is 5.77. The molecule has 0 aliphatic carbocycles. The fourth-order valence-electron chi connectivity index (χ4n) is 2.81. The molecule has 0 radical (unpaired) electrons. The third-order valence-electron chi connectivity index (χ3n) is 4.02. The minimum atomic E-state index is 0.384. The highest BCUT2D eigenvalue weighted by Crippen LogP contribution is 2.31. The van der Waals surface area contributed by atoms with E-state index < -0.39 is 0 Å². The van der Waals surface area contributed by atoms with Gasteiger partial charge in [-0.1, -0.05) is 12.1 Å². The minimum Gasteiger partial charge on any atom is -0.489 e. The van der Waals surface area contributed by atoms with Crippen molar-refractivity contribution in [3.8, 4) is 5.75 Å². The van der Waals surface area contributed by atoms with Gasteiger partial charge in [0, 0.05) is 31.8 Å². The Hall–Kier alpha value is -1.26. The van der Waals surface area contributed by atoms with E-state index in [9.17, 15) is 0 Å². The van der Waals surface area contributed by atoms with Crippen LogP contribution in [0.15, 0.2) is 18.2 Å². The van der Waals surface area contributed by atoms with E-state index in [0.717, 1.165) is 44.3 Å². The fourth-order valence-corrected chi connectivity index (χ4v) is 2.81. The Morgan fingerprint density at radius 2 is 2.32 bits per heavy atom. The lowest BCUT2D eigenvalue weighted by Crippen LogP contribution is -2.27. The van der Waals surface area contributed by atoms with E-state index in [1.807, 2.05) is 0 Å². The number of rotatable bonds is 4. The molecule has 1 aromatic carbocycles. The lowest BCUT2D eigenvalue weighted by molar-refractivity contribution is 0.105. The van der Waals surface area contributed by atoms with Crippen molar-refractivity contribution in [2.24, 2.45) is 5.92 Å². The molecule has 0 spiro atoms. The van der Waals surface area contributed by atoms with Gasteiger partial charge in [0.05, 0.1) is 11.8 Å². The molecular formula is C15H22N2O2. The third-order valence-corrected chi connectivity index (χ3v) is 4.02. The molecular weight excluding hydrogens is 240 g/mol. The van der Waals surface area contributed by atoms with Gasteiger partial charge < -0.3 is 20.1 Å². The zero-order chi connectivity index (χ0) is 13.1. The quantitative estimate of drug-likeness (QED) is 0.871. The van der Waals surface area contributed by atoms with Gasteiger partial charge in [-0.2, -0.15) is 0 Å². The lowest BCUT2D eigenvalue weighted by atomic mass is 10.0. The molecule has 0 bridgehead atoms. The van der Waals surface area contributed by atoms with Crippen molar-refractivity contribution in [2.45, 2.75) is 26.0 Å². The van der Waals surface area contributed by atoms with Gasteiger partial charge in [0.25, 0.3) is 0 Å². The standard InChI is InChI=1S/C15H22N2O2/c1-11-12(5-7-18-11)9-16-10-13-3-2-4-14-15(13)19-8-6-17-14/h2-4,11-12,16-17H,5-10H2,1H3. The summed E-state index contributed by atoms with van der Waals surface area (Å²) in [4.78, 5) is 0. The predicted octanol–water partition coefficient (Wildman–Crippen LogP) is 2.01. The number of benzene rings is 1. The highest BCUT2D eigenvalue weighted by atomic mass is 16.5. The number of hydrogen-bond donors (Lipinski definition) is 2. The summed E-state index contributed by atoms with van der Waals surface area (Å²) in [6.45, 7) is 6.57. The van der Waals surface area contributed by atoms with Crippen molar-refractivity contribution >= 4 is 5.69 Å². The van der Waals surface area contributed by atoms with Gasteiger partial charge in [0.15, 0.2) is 0 Å². The molecule has 2 unspecified atom stereocenters. The molecule has 2 atom stereocenters. The second-order valence-corrected chi connectivity index (χ2v) is 5.32. The van der Waals surface area contributed by atoms with Crippen LogP contribution < -0.4 is 15.4 Å². The van der Waals surface area contributed by atoms with E-state index >= 15 is 0 Å². The summed E-state index contributed by atoms with van der Waals surface area (Å²) in [7, 11) is 0. The van der Waals surface area contributed by atoms with Gasteiger partial charge in [-0.05, 0) is 25.3 Å². The van der Waals surface area contributed by atoms with Crippen molar-refractivity contribution in [1.29, 1.82) is 0 Å². The van der Waals surface area contributed by atoms with Crippen LogP contribution in [0.5, 0.6) is 5.75 Å². The number of anilines is 1. The molecule has 2 aliphatic rings. The lowest BCUT2D eigenvalue weighted by Gasteiger charge is -2.22. The average Bonchev–Trinajstić information content (AvgIpc) is 2.85. The number of hydrogen-bond acceptors (Lipinski definition) is 4. The maximum Gasteiger partial charge on any atom is 0.146 e. The summed E-state index contributed by atoms with van der Waals surface area (Å²) < 4.78 is 11.4. The van der Waals surface area contributed by atoms with E-state index in [1.54, 1.807) is 0 Å². The van der Waals surface area contributed by atoms with Crippen molar-refractivity contribution < 1.29 is 9.47 Å². The Kier molecular flexibility index (Phi) is 3.89. The molecule has 0 saturated carbocycles. The van der Waals surface area contributed by atoms with E-state index in [2.05, 4.69) is 35.8 Å². The van der Waals surface area contributed by atoms with Crippen LogP contribution >= 0.6 is 0 Å². The van der Waals surface area contributed by atoms with Crippen LogP contribution in [0.1, 0.15) is 18.9 Å². The fraction of sp³-hybridized carbons (Fsp3) is 0.600. The summed E-state index contributed by atoms with van der Waals surface area (Å²) >= 11 is 0. The van der Waals surface area contributed by atoms with Crippen molar-refractivity contribution in [3.05, 3.63) is 23.8 Å². The van der Waals surface area contributed by atoms with E-state index in [4.69, 9.17) is 9.47 Å². The second kappa shape index (κ2) is 5.80. The number of nitrogens with one attached hydrogen (secondary N) is 2. The first kappa shape index (κ1) is 12.8. The minimum absolute atomic E-state index is 0.384. The molecule has 2 heterocycles. The average molecular weight is 262 g/mol. The van der Waals surface area contributed by atoms with Crippen LogP contribution in [0.3, 0.4) is 0 Å². The van der Waals surface area contributed by atoms with Crippen LogP contribution in [-0.4, -0.2) is 32.4 Å². The van der Waals surface area contributed by atoms with Crippen molar-refractivity contribution in [1.82, 2.24) is 5.32 Å². The van der Waals surface area contributed by atoms with Crippen LogP contribution in [-0.2, 0) is 11.3 Å². The first-order chi connectivity index (χ1) is 9.34. The van der Waals surface area contributed by atoms with Crippen molar-refractivity contribution in [3.63, 3.8) is 0 Å². The van der Waals surface area contributed by atoms with E-state index in [1.165, 1.54) is 12.0 Å². The smallest absolute Gasteiger partial charge is 0.146 e. The molecule has 104 valence electrons. The van der Waals surface area contributed by atoms with Gasteiger partial charge in [0.2, 0.25) is 0 Å². The van der Waals surface area contributed by atoms with Gasteiger partial charge in [0.1, 0.15) is 12.4 Å². The molecule has 1 saturated heterocycles.